The fourth-order valence-corrected chi connectivity index (χ4v) is 3.63. The molecule has 0 aliphatic heterocycles. The maximum absolute atomic E-state index is 12.3. The van der Waals surface area contributed by atoms with Crippen LogP contribution in [0.2, 0.25) is 0 Å². The molecule has 0 radical (unpaired) electrons. The molecule has 1 amide bonds. The number of nitrogens with one attached hydrogen (secondary N) is 1. The van der Waals surface area contributed by atoms with Crippen molar-refractivity contribution in [3.63, 3.8) is 0 Å². The summed E-state index contributed by atoms with van der Waals surface area (Å²) in [4.78, 5) is 12.3. The van der Waals surface area contributed by atoms with Crippen molar-refractivity contribution in [1.82, 2.24) is 14.8 Å². The van der Waals surface area contributed by atoms with E-state index in [9.17, 15) is 4.79 Å². The van der Waals surface area contributed by atoms with Crippen LogP contribution >= 0.6 is 11.8 Å². The monoisotopic (exact) mass is 396 g/mol. The minimum Gasteiger partial charge on any atom is -0.494 e. The van der Waals surface area contributed by atoms with Crippen LogP contribution in [-0.2, 0) is 11.3 Å². The van der Waals surface area contributed by atoms with Gasteiger partial charge in [-0.1, -0.05) is 36.0 Å². The van der Waals surface area contributed by atoms with E-state index in [1.165, 1.54) is 11.8 Å². The van der Waals surface area contributed by atoms with E-state index in [0.717, 1.165) is 40.1 Å². The fraction of sp³-hybridized carbons (Fsp3) is 0.286. The Hall–Kier alpha value is -2.80. The van der Waals surface area contributed by atoms with Crippen LogP contribution in [0, 0.1) is 6.92 Å². The molecule has 0 aliphatic carbocycles. The molecule has 0 aliphatic rings. The number of benzene rings is 2. The Morgan fingerprint density at radius 3 is 2.54 bits per heavy atom. The zero-order valence-electron chi connectivity index (χ0n) is 16.3. The quantitative estimate of drug-likeness (QED) is 0.572. The van der Waals surface area contributed by atoms with Crippen molar-refractivity contribution >= 4 is 23.4 Å². The third kappa shape index (κ3) is 4.72. The van der Waals surface area contributed by atoms with Gasteiger partial charge >= 0.3 is 0 Å². The van der Waals surface area contributed by atoms with Gasteiger partial charge in [-0.3, -0.25) is 4.79 Å². The molecule has 3 aromatic rings. The summed E-state index contributed by atoms with van der Waals surface area (Å²) in [6, 6.07) is 15.4. The Labute approximate surface area is 169 Å². The topological polar surface area (TPSA) is 69.0 Å². The Balaban J connectivity index is 1.64. The molecule has 28 heavy (non-hydrogen) atoms. The van der Waals surface area contributed by atoms with E-state index in [1.807, 2.05) is 54.0 Å². The number of aromatic nitrogens is 3. The number of anilines is 1. The highest BCUT2D eigenvalue weighted by atomic mass is 32.2. The average molecular weight is 397 g/mol. The number of carbonyl (C=O) groups excluding carboxylic acids is 1. The van der Waals surface area contributed by atoms with Gasteiger partial charge in [-0.05, 0) is 50.6 Å². The third-order valence-electron chi connectivity index (χ3n) is 4.20. The summed E-state index contributed by atoms with van der Waals surface area (Å²) in [5, 5.41) is 12.3. The van der Waals surface area contributed by atoms with Gasteiger partial charge in [-0.2, -0.15) is 0 Å². The number of ether oxygens (including phenoxy) is 1. The van der Waals surface area contributed by atoms with Gasteiger partial charge in [0.1, 0.15) is 5.75 Å². The normalized spacial score (nSPS) is 10.7. The summed E-state index contributed by atoms with van der Waals surface area (Å²) in [5.41, 5.74) is 2.95. The number of hydrogen-bond acceptors (Lipinski definition) is 5. The highest BCUT2D eigenvalue weighted by molar-refractivity contribution is 7.99. The zero-order valence-corrected chi connectivity index (χ0v) is 17.1. The zero-order chi connectivity index (χ0) is 19.9. The van der Waals surface area contributed by atoms with E-state index in [4.69, 9.17) is 4.74 Å². The molecule has 0 saturated carbocycles. The Kier molecular flexibility index (Phi) is 6.71. The molecule has 0 spiro atoms. The summed E-state index contributed by atoms with van der Waals surface area (Å²) in [7, 11) is 0. The lowest BCUT2D eigenvalue weighted by molar-refractivity contribution is -0.113. The first-order chi connectivity index (χ1) is 13.6. The summed E-state index contributed by atoms with van der Waals surface area (Å²) in [6.07, 6.45) is 0. The van der Waals surface area contributed by atoms with Gasteiger partial charge in [0, 0.05) is 17.8 Å². The van der Waals surface area contributed by atoms with Gasteiger partial charge in [-0.15, -0.1) is 10.2 Å². The summed E-state index contributed by atoms with van der Waals surface area (Å²) < 4.78 is 7.45. The number of carbonyl (C=O) groups is 1. The van der Waals surface area contributed by atoms with Crippen LogP contribution in [0.5, 0.6) is 5.75 Å². The first-order valence-corrected chi connectivity index (χ1v) is 10.3. The van der Waals surface area contributed by atoms with Crippen molar-refractivity contribution in [2.75, 3.05) is 17.7 Å². The molecule has 0 saturated heterocycles. The number of hydrogen-bond donors (Lipinski definition) is 1. The molecule has 1 aromatic heterocycles. The molecule has 146 valence electrons. The van der Waals surface area contributed by atoms with E-state index in [2.05, 4.69) is 35.4 Å². The molecule has 6 nitrogen and oxygen atoms in total. The second-order valence-electron chi connectivity index (χ2n) is 6.16. The van der Waals surface area contributed by atoms with Crippen LogP contribution in [-0.4, -0.2) is 33.0 Å². The second kappa shape index (κ2) is 9.41. The average Bonchev–Trinajstić information content (AvgIpc) is 3.11. The van der Waals surface area contributed by atoms with Gasteiger partial charge in [-0.25, -0.2) is 0 Å². The van der Waals surface area contributed by atoms with Crippen LogP contribution in [0.25, 0.3) is 11.4 Å². The highest BCUT2D eigenvalue weighted by Gasteiger charge is 2.15. The van der Waals surface area contributed by atoms with Crippen LogP contribution in [0.4, 0.5) is 5.69 Å². The van der Waals surface area contributed by atoms with E-state index < -0.39 is 0 Å². The fourth-order valence-electron chi connectivity index (χ4n) is 2.83. The van der Waals surface area contributed by atoms with Crippen molar-refractivity contribution in [1.29, 1.82) is 0 Å². The van der Waals surface area contributed by atoms with Gasteiger partial charge < -0.3 is 14.6 Å². The summed E-state index contributed by atoms with van der Waals surface area (Å²) in [5.74, 6) is 1.79. The van der Waals surface area contributed by atoms with Crippen molar-refractivity contribution in [3.05, 3.63) is 54.1 Å². The van der Waals surface area contributed by atoms with E-state index in [0.29, 0.717) is 6.61 Å². The first-order valence-electron chi connectivity index (χ1n) is 9.27. The number of amides is 1. The lowest BCUT2D eigenvalue weighted by atomic mass is 10.1. The lowest BCUT2D eigenvalue weighted by Crippen LogP contribution is -2.14. The molecular formula is C21H24N4O2S. The molecule has 0 bridgehead atoms. The summed E-state index contributed by atoms with van der Waals surface area (Å²) >= 11 is 1.38. The van der Waals surface area contributed by atoms with Crippen molar-refractivity contribution in [3.8, 4) is 17.1 Å². The Morgan fingerprint density at radius 1 is 1.11 bits per heavy atom. The minimum atomic E-state index is -0.0859. The Morgan fingerprint density at radius 2 is 1.86 bits per heavy atom. The predicted molar refractivity (Wildman–Crippen MR) is 113 cm³/mol. The van der Waals surface area contributed by atoms with E-state index in [-0.39, 0.29) is 11.7 Å². The third-order valence-corrected chi connectivity index (χ3v) is 5.17. The van der Waals surface area contributed by atoms with Gasteiger partial charge in [0.05, 0.1) is 12.4 Å². The number of thioether (sulfide) groups is 1. The maximum atomic E-state index is 12.3. The SMILES string of the molecule is CCOc1ccc(NC(=O)CSc2nnc(-c3ccccc3C)n2CC)cc1. The van der Waals surface area contributed by atoms with Crippen LogP contribution in [0.15, 0.2) is 53.7 Å². The van der Waals surface area contributed by atoms with Crippen molar-refractivity contribution < 1.29 is 9.53 Å². The molecule has 2 aromatic carbocycles. The smallest absolute Gasteiger partial charge is 0.234 e. The molecule has 7 heteroatoms. The van der Waals surface area contributed by atoms with Crippen molar-refractivity contribution in [2.45, 2.75) is 32.5 Å². The molecule has 1 N–H and O–H groups in total. The van der Waals surface area contributed by atoms with E-state index in [1.54, 1.807) is 0 Å². The molecule has 0 unspecified atom stereocenters. The van der Waals surface area contributed by atoms with Crippen LogP contribution in [0.3, 0.4) is 0 Å². The second-order valence-corrected chi connectivity index (χ2v) is 7.10. The largest absolute Gasteiger partial charge is 0.494 e. The van der Waals surface area contributed by atoms with Gasteiger partial charge in [0.25, 0.3) is 0 Å². The van der Waals surface area contributed by atoms with Crippen LogP contribution in [0.1, 0.15) is 19.4 Å². The molecule has 0 fully saturated rings. The number of nitrogens with zero attached hydrogens (tertiary/aromatic N) is 3. The van der Waals surface area contributed by atoms with Crippen molar-refractivity contribution in [2.24, 2.45) is 0 Å². The molecule has 1 heterocycles. The molecule has 3 rings (SSSR count). The Bertz CT molecular complexity index is 938. The summed E-state index contributed by atoms with van der Waals surface area (Å²) in [6.45, 7) is 7.40. The lowest BCUT2D eigenvalue weighted by Gasteiger charge is -2.09. The van der Waals surface area contributed by atoms with Gasteiger partial charge in [0.15, 0.2) is 11.0 Å². The predicted octanol–water partition coefficient (Wildman–Crippen LogP) is 4.40. The number of rotatable bonds is 8. The van der Waals surface area contributed by atoms with E-state index >= 15 is 0 Å². The van der Waals surface area contributed by atoms with Crippen LogP contribution < -0.4 is 10.1 Å². The molecule has 0 atom stereocenters. The standard InChI is InChI=1S/C21H24N4O2S/c1-4-25-20(18-9-7-6-8-15(18)3)23-24-21(25)28-14-19(26)22-16-10-12-17(13-11-16)27-5-2/h6-13H,4-5,14H2,1-3H3,(H,22,26). The maximum Gasteiger partial charge on any atom is 0.234 e. The minimum absolute atomic E-state index is 0.0859. The molecular weight excluding hydrogens is 372 g/mol. The first kappa shape index (κ1) is 19.9. The van der Waals surface area contributed by atoms with Gasteiger partial charge in [0.2, 0.25) is 5.91 Å². The highest BCUT2D eigenvalue weighted by Crippen LogP contribution is 2.26. The number of aryl methyl sites for hydroxylation is 1.